The van der Waals surface area contributed by atoms with Crippen LogP contribution in [0.3, 0.4) is 0 Å². The second kappa shape index (κ2) is 6.84. The molecule has 0 aliphatic carbocycles. The van der Waals surface area contributed by atoms with E-state index < -0.39 is 17.3 Å². The number of hydrogen-bond acceptors (Lipinski definition) is 4. The first-order chi connectivity index (χ1) is 11.1. The summed E-state index contributed by atoms with van der Waals surface area (Å²) in [6.07, 6.45) is -4.58. The summed E-state index contributed by atoms with van der Waals surface area (Å²) in [7, 11) is 1.22. The molecule has 9 heteroatoms. The van der Waals surface area contributed by atoms with Crippen LogP contribution in [-0.2, 0) is 18.0 Å². The number of benzene rings is 1. The summed E-state index contributed by atoms with van der Waals surface area (Å²) in [6, 6.07) is 5.63. The fourth-order valence-corrected chi connectivity index (χ4v) is 2.93. The Morgan fingerprint density at radius 2 is 1.83 bits per heavy atom. The van der Waals surface area contributed by atoms with E-state index in [0.29, 0.717) is 5.69 Å². The van der Waals surface area contributed by atoms with Crippen LogP contribution in [0.5, 0.6) is 0 Å². The number of nitrogens with one attached hydrogen (secondary N) is 1. The van der Waals surface area contributed by atoms with Gasteiger partial charge in [0.15, 0.2) is 5.16 Å². The lowest BCUT2D eigenvalue weighted by Gasteiger charge is -2.15. The third-order valence-corrected chi connectivity index (χ3v) is 4.60. The molecule has 0 saturated carbocycles. The summed E-state index contributed by atoms with van der Waals surface area (Å²) < 4.78 is 39.0. The number of anilines is 1. The molecule has 1 heterocycles. The standard InChI is InChI=1S/C15H17F3N4OS/c1-8-6-5-7-9(2)11(8)19-12(23)10(3)24-14-21-20-13(22(14)4)15(16,17)18/h5-7,10H,1-4H3,(H,19,23)/t10-/m1/s1. The number of thioether (sulfide) groups is 1. The van der Waals surface area contributed by atoms with Gasteiger partial charge in [-0.05, 0) is 31.9 Å². The molecule has 0 aliphatic heterocycles. The van der Waals surface area contributed by atoms with E-state index in [1.54, 1.807) is 6.92 Å². The molecule has 1 N–H and O–H groups in total. The first-order valence-electron chi connectivity index (χ1n) is 7.11. The minimum absolute atomic E-state index is 0.0338. The molecule has 0 bridgehead atoms. The van der Waals surface area contributed by atoms with Gasteiger partial charge >= 0.3 is 6.18 Å². The summed E-state index contributed by atoms with van der Waals surface area (Å²) in [6.45, 7) is 5.35. The number of carbonyl (C=O) groups excluding carboxylic acids is 1. The van der Waals surface area contributed by atoms with Gasteiger partial charge in [0.05, 0.1) is 5.25 Å². The summed E-state index contributed by atoms with van der Waals surface area (Å²) in [4.78, 5) is 12.3. The van der Waals surface area contributed by atoms with E-state index in [1.807, 2.05) is 32.0 Å². The van der Waals surface area contributed by atoms with Crippen LogP contribution in [0, 0.1) is 13.8 Å². The van der Waals surface area contributed by atoms with Crippen LogP contribution in [-0.4, -0.2) is 25.9 Å². The second-order valence-corrected chi connectivity index (χ2v) is 6.69. The lowest BCUT2D eigenvalue weighted by molar-refractivity contribution is -0.147. The molecule has 0 radical (unpaired) electrons. The number of hydrogen-bond donors (Lipinski definition) is 1. The van der Waals surface area contributed by atoms with Gasteiger partial charge in [-0.15, -0.1) is 10.2 Å². The minimum atomic E-state index is -4.58. The zero-order valence-electron chi connectivity index (χ0n) is 13.6. The normalized spacial score (nSPS) is 13.0. The number of aryl methyl sites for hydroxylation is 2. The Morgan fingerprint density at radius 3 is 2.33 bits per heavy atom. The van der Waals surface area contributed by atoms with Crippen molar-refractivity contribution in [2.45, 2.75) is 37.4 Å². The predicted molar refractivity (Wildman–Crippen MR) is 85.9 cm³/mol. The molecule has 5 nitrogen and oxygen atoms in total. The van der Waals surface area contributed by atoms with Crippen LogP contribution in [0.15, 0.2) is 23.4 Å². The van der Waals surface area contributed by atoms with Gasteiger partial charge in [0.1, 0.15) is 0 Å². The highest BCUT2D eigenvalue weighted by molar-refractivity contribution is 8.00. The van der Waals surface area contributed by atoms with Crippen LogP contribution in [0.4, 0.5) is 18.9 Å². The Bertz CT molecular complexity index is 737. The van der Waals surface area contributed by atoms with Gasteiger partial charge in [0.2, 0.25) is 11.7 Å². The molecule has 0 saturated heterocycles. The molecule has 2 rings (SSSR count). The van der Waals surface area contributed by atoms with Crippen molar-refractivity contribution < 1.29 is 18.0 Å². The van der Waals surface area contributed by atoms with E-state index in [0.717, 1.165) is 27.5 Å². The molecule has 1 amide bonds. The van der Waals surface area contributed by atoms with E-state index in [-0.39, 0.29) is 11.1 Å². The molecule has 24 heavy (non-hydrogen) atoms. The van der Waals surface area contributed by atoms with Crippen molar-refractivity contribution in [2.75, 3.05) is 5.32 Å². The Hall–Kier alpha value is -2.03. The molecule has 130 valence electrons. The number of aromatic nitrogens is 3. The molecule has 0 unspecified atom stereocenters. The number of nitrogens with zero attached hydrogens (tertiary/aromatic N) is 3. The third-order valence-electron chi connectivity index (χ3n) is 3.47. The number of para-hydroxylation sites is 1. The number of alkyl halides is 3. The predicted octanol–water partition coefficient (Wildman–Crippen LogP) is 3.57. The van der Waals surface area contributed by atoms with Crippen LogP contribution >= 0.6 is 11.8 Å². The van der Waals surface area contributed by atoms with Gasteiger partial charge in [-0.3, -0.25) is 4.79 Å². The maximum atomic E-state index is 12.7. The molecule has 0 fully saturated rings. The van der Waals surface area contributed by atoms with Gasteiger partial charge in [0.25, 0.3) is 0 Å². The molecule has 2 aromatic rings. The monoisotopic (exact) mass is 358 g/mol. The zero-order chi connectivity index (χ0) is 18.1. The van der Waals surface area contributed by atoms with Gasteiger partial charge in [0, 0.05) is 12.7 Å². The van der Waals surface area contributed by atoms with Crippen LogP contribution in [0.25, 0.3) is 0 Å². The fraction of sp³-hybridized carbons (Fsp3) is 0.400. The number of rotatable bonds is 4. The molecular formula is C15H17F3N4OS. The van der Waals surface area contributed by atoms with Crippen LogP contribution in [0.1, 0.15) is 23.9 Å². The Kier molecular flexibility index (Phi) is 5.22. The van der Waals surface area contributed by atoms with Gasteiger partial charge < -0.3 is 9.88 Å². The van der Waals surface area contributed by atoms with Crippen molar-refractivity contribution in [1.82, 2.24) is 14.8 Å². The summed E-state index contributed by atoms with van der Waals surface area (Å²) in [5.41, 5.74) is 2.54. The van der Waals surface area contributed by atoms with E-state index >= 15 is 0 Å². The number of carbonyl (C=O) groups is 1. The average molecular weight is 358 g/mol. The number of amides is 1. The first kappa shape index (κ1) is 18.3. The molecule has 0 spiro atoms. The van der Waals surface area contributed by atoms with Crippen molar-refractivity contribution in [3.63, 3.8) is 0 Å². The summed E-state index contributed by atoms with van der Waals surface area (Å²) in [5, 5.41) is 8.89. The van der Waals surface area contributed by atoms with Gasteiger partial charge in [-0.1, -0.05) is 30.0 Å². The van der Waals surface area contributed by atoms with Crippen molar-refractivity contribution in [3.8, 4) is 0 Å². The van der Waals surface area contributed by atoms with E-state index in [1.165, 1.54) is 7.05 Å². The highest BCUT2D eigenvalue weighted by atomic mass is 32.2. The molecule has 0 aliphatic rings. The number of halogens is 3. The van der Waals surface area contributed by atoms with Gasteiger partial charge in [-0.25, -0.2) is 0 Å². The minimum Gasteiger partial charge on any atom is -0.325 e. The van der Waals surface area contributed by atoms with Crippen molar-refractivity contribution >= 4 is 23.4 Å². The smallest absolute Gasteiger partial charge is 0.325 e. The van der Waals surface area contributed by atoms with Gasteiger partial charge in [-0.2, -0.15) is 13.2 Å². The SMILES string of the molecule is Cc1cccc(C)c1NC(=O)[C@@H](C)Sc1nnc(C(F)(F)F)n1C. The molecule has 1 aromatic heterocycles. The largest absolute Gasteiger partial charge is 0.451 e. The van der Waals surface area contributed by atoms with E-state index in [2.05, 4.69) is 15.5 Å². The Balaban J connectivity index is 2.11. The second-order valence-electron chi connectivity index (χ2n) is 5.38. The van der Waals surface area contributed by atoms with E-state index in [4.69, 9.17) is 0 Å². The Labute approximate surface area is 141 Å². The highest BCUT2D eigenvalue weighted by Gasteiger charge is 2.37. The maximum absolute atomic E-state index is 12.7. The lowest BCUT2D eigenvalue weighted by Crippen LogP contribution is -2.24. The highest BCUT2D eigenvalue weighted by Crippen LogP contribution is 2.31. The Morgan fingerprint density at radius 1 is 1.25 bits per heavy atom. The van der Waals surface area contributed by atoms with Crippen LogP contribution in [0.2, 0.25) is 0 Å². The summed E-state index contributed by atoms with van der Waals surface area (Å²) in [5.74, 6) is -1.40. The lowest BCUT2D eigenvalue weighted by atomic mass is 10.1. The summed E-state index contributed by atoms with van der Waals surface area (Å²) >= 11 is 0.924. The van der Waals surface area contributed by atoms with E-state index in [9.17, 15) is 18.0 Å². The third kappa shape index (κ3) is 3.89. The molecular weight excluding hydrogens is 341 g/mol. The van der Waals surface area contributed by atoms with Crippen molar-refractivity contribution in [2.24, 2.45) is 7.05 Å². The topological polar surface area (TPSA) is 59.8 Å². The maximum Gasteiger partial charge on any atom is 0.451 e. The van der Waals surface area contributed by atoms with Crippen molar-refractivity contribution in [3.05, 3.63) is 35.2 Å². The molecule has 1 atom stereocenters. The van der Waals surface area contributed by atoms with Crippen molar-refractivity contribution in [1.29, 1.82) is 0 Å². The van der Waals surface area contributed by atoms with Crippen LogP contribution < -0.4 is 5.32 Å². The quantitative estimate of drug-likeness (QED) is 0.849. The first-order valence-corrected chi connectivity index (χ1v) is 7.99. The fourth-order valence-electron chi connectivity index (χ4n) is 2.11. The zero-order valence-corrected chi connectivity index (χ0v) is 14.4. The molecule has 1 aromatic carbocycles. The average Bonchev–Trinajstić information content (AvgIpc) is 2.84.